The molecule has 0 aromatic heterocycles. The van der Waals surface area contributed by atoms with Crippen molar-refractivity contribution in [1.29, 1.82) is 0 Å². The van der Waals surface area contributed by atoms with Crippen molar-refractivity contribution in [2.24, 2.45) is 0 Å². The molecule has 0 spiro atoms. The molecule has 0 unspecified atom stereocenters. The molecule has 10 nitrogen and oxygen atoms in total. The van der Waals surface area contributed by atoms with E-state index in [-0.39, 0.29) is 96.9 Å². The summed E-state index contributed by atoms with van der Waals surface area (Å²) in [5.41, 5.74) is 50.1. The van der Waals surface area contributed by atoms with Crippen LogP contribution in [0, 0.1) is 0 Å². The minimum atomic E-state index is 0. The quantitative estimate of drug-likeness (QED) is 0.675. The van der Waals surface area contributed by atoms with Gasteiger partial charge in [-0.3, -0.25) is 0 Å². The molecule has 0 aromatic rings. The van der Waals surface area contributed by atoms with Crippen LogP contribution in [0.15, 0.2) is 0 Å². The Morgan fingerprint density at radius 1 is 0.300 bits per heavy atom. The Hall–Kier alpha value is 0.613. The molecule has 0 amide bonds. The molecule has 12 N–H and O–H groups in total. The third-order valence-corrected chi connectivity index (χ3v) is 0.500. The van der Waals surface area contributed by atoms with Crippen molar-refractivity contribution >= 4 is 0 Å². The van der Waals surface area contributed by atoms with Gasteiger partial charge in [0.25, 0.3) is 0 Å². The van der Waals surface area contributed by atoms with Crippen LogP contribution in [0.3, 0.4) is 0 Å². The summed E-state index contributed by atoms with van der Waals surface area (Å²) in [5.74, 6) is 0. The normalized spacial score (nSPS) is 6.00. The largest absolute Gasteiger partial charge is 0.679 e. The monoisotopic (exact) mass is 386 g/mol. The van der Waals surface area contributed by atoms with E-state index >= 15 is 0 Å². The fraction of sp³-hybridized carbons (Fsp3) is 1.00. The van der Waals surface area contributed by atoms with E-state index in [1.807, 2.05) is 0 Å². The van der Waals surface area contributed by atoms with E-state index in [4.69, 9.17) is 45.9 Å². The van der Waals surface area contributed by atoms with Crippen LogP contribution in [-0.4, -0.2) is 63.3 Å². The number of hydrogen-bond acceptors (Lipinski definition) is 0. The summed E-state index contributed by atoms with van der Waals surface area (Å²) in [6.45, 7) is 1.89. The van der Waals surface area contributed by atoms with Gasteiger partial charge >= 0.3 is 0 Å². The average molecular weight is 386 g/mol. The first-order valence-electron chi connectivity index (χ1n) is 4.83. The number of rotatable bonds is 4. The van der Waals surface area contributed by atoms with Crippen LogP contribution in [-0.2, 0) is 33.6 Å². The molecule has 0 aliphatic rings. The summed E-state index contributed by atoms with van der Waals surface area (Å²) >= 11 is 0. The summed E-state index contributed by atoms with van der Waals surface area (Å²) < 4.78 is 0. The van der Waals surface area contributed by atoms with E-state index in [0.717, 1.165) is 0 Å². The Kier molecular flexibility index (Phi) is 228. The number of nitrogens with one attached hydrogen (secondary N) is 8. The molecule has 0 fully saturated rings. The summed E-state index contributed by atoms with van der Waals surface area (Å²) in [6.07, 6.45) is 0. The van der Waals surface area contributed by atoms with Gasteiger partial charge in [-0.1, -0.05) is 0 Å². The minimum absolute atomic E-state index is 0. The maximum absolute atomic E-state index is 6.26. The van der Waals surface area contributed by atoms with Crippen LogP contribution in [0.4, 0.5) is 0 Å². The Bertz CT molecular complexity index is 58.4. The zero-order chi connectivity index (χ0) is 13.7. The first-order chi connectivity index (χ1) is 7.66. The number of hydrogen-bond donors (Lipinski definition) is 0. The van der Waals surface area contributed by atoms with Crippen molar-refractivity contribution in [2.45, 2.75) is 0 Å². The van der Waals surface area contributed by atoms with Crippen LogP contribution in [0.5, 0.6) is 0 Å². The fourth-order valence-electron chi connectivity index (χ4n) is 0. The molecule has 12 heteroatoms. The molecular weight excluding hydrogens is 358 g/mol. The third-order valence-electron chi connectivity index (χ3n) is 0.500. The molecule has 0 atom stereocenters. The third kappa shape index (κ3) is 271. The average Bonchev–Trinajstić information content (AvgIpc) is 2.39. The van der Waals surface area contributed by atoms with E-state index in [1.54, 1.807) is 0 Å². The van der Waals surface area contributed by atoms with E-state index in [2.05, 4.69) is 0 Å². The van der Waals surface area contributed by atoms with Gasteiger partial charge in [-0.2, -0.15) is 52.4 Å². The Labute approximate surface area is 143 Å². The maximum Gasteiger partial charge on any atom is 0 e. The predicted octanol–water partition coefficient (Wildman–Crippen LogP) is 2.71. The molecule has 0 aliphatic carbocycles. The zero-order valence-electron chi connectivity index (χ0n) is 11.3. The molecule has 138 valence electrons. The summed E-state index contributed by atoms with van der Waals surface area (Å²) in [7, 11) is 0. The fourth-order valence-corrected chi connectivity index (χ4v) is 0. The predicted molar refractivity (Wildman–Crippen MR) is 80.7 cm³/mol. The van der Waals surface area contributed by atoms with Crippen molar-refractivity contribution in [2.75, 3.05) is 52.4 Å². The first-order valence-corrected chi connectivity index (χ1v) is 4.83. The van der Waals surface area contributed by atoms with Crippen molar-refractivity contribution in [3.8, 4) is 0 Å². The van der Waals surface area contributed by atoms with Gasteiger partial charge in [-0.05, 0) is 0 Å². The van der Waals surface area contributed by atoms with Crippen molar-refractivity contribution in [1.82, 2.24) is 0 Å². The Balaban J connectivity index is -0.0000000150. The zero-order valence-corrected chi connectivity index (χ0v) is 13.4. The van der Waals surface area contributed by atoms with Gasteiger partial charge in [0.15, 0.2) is 0 Å². The van der Waals surface area contributed by atoms with Gasteiger partial charge in [0, 0.05) is 33.6 Å². The van der Waals surface area contributed by atoms with Crippen LogP contribution >= 0.6 is 0 Å². The first kappa shape index (κ1) is 49.8. The van der Waals surface area contributed by atoms with Crippen LogP contribution in [0.25, 0.3) is 45.9 Å². The van der Waals surface area contributed by atoms with Crippen LogP contribution in [0.1, 0.15) is 0 Å². The van der Waals surface area contributed by atoms with Gasteiger partial charge in [0.1, 0.15) is 0 Å². The maximum atomic E-state index is 6.26. The van der Waals surface area contributed by atoms with E-state index < -0.39 is 0 Å². The Morgan fingerprint density at radius 3 is 0.350 bits per heavy atom. The van der Waals surface area contributed by atoms with Crippen molar-refractivity contribution < 1.29 is 44.5 Å². The van der Waals surface area contributed by atoms with Crippen molar-refractivity contribution in [3.05, 3.63) is 45.9 Å². The molecule has 0 saturated heterocycles. The molecule has 0 heterocycles. The minimum Gasteiger partial charge on any atom is -0.679 e. The summed E-state index contributed by atoms with van der Waals surface area (Å²) in [6, 6.07) is 0. The van der Waals surface area contributed by atoms with Gasteiger partial charge < -0.3 is 56.8 Å². The second kappa shape index (κ2) is 91.6. The molecule has 20 heavy (non-hydrogen) atoms. The van der Waals surface area contributed by atoms with Gasteiger partial charge in [0.2, 0.25) is 0 Å². The van der Waals surface area contributed by atoms with Gasteiger partial charge in [-0.15, -0.1) is 0 Å². The molecule has 0 bridgehead atoms. The molecule has 0 rings (SSSR count). The second-order valence-electron chi connectivity index (χ2n) is 2.00. The van der Waals surface area contributed by atoms with Crippen molar-refractivity contribution in [3.63, 3.8) is 0 Å². The summed E-state index contributed by atoms with van der Waals surface area (Å²) in [4.78, 5) is 0. The smallest absolute Gasteiger partial charge is 0 e. The molecular formula is C8H28Co2N8O2-8. The standard InChI is InChI=1S/4C2H6N2.2Co.2H2O/c4*3-1-2-4;;;;/h4*3-4H,1-2H2;;;2*1H2/q4*-2;;;;. The molecule has 0 saturated carbocycles. The SMILES string of the molecule is O.O.[Co].[Co].[NH-]CC[NH-].[NH-]CC[NH-].[NH-]CC[NH-].[NH-]CC[NH-]. The molecule has 0 aromatic carbocycles. The second-order valence-corrected chi connectivity index (χ2v) is 2.00. The topological polar surface area (TPSA) is 253 Å². The Morgan fingerprint density at radius 2 is 0.350 bits per heavy atom. The van der Waals surface area contributed by atoms with Gasteiger partial charge in [0.05, 0.1) is 0 Å². The molecule has 2 radical (unpaired) electrons. The van der Waals surface area contributed by atoms with E-state index in [0.29, 0.717) is 0 Å². The van der Waals surface area contributed by atoms with Crippen LogP contribution in [0.2, 0.25) is 0 Å². The molecule has 0 aliphatic heterocycles. The van der Waals surface area contributed by atoms with E-state index in [9.17, 15) is 0 Å². The van der Waals surface area contributed by atoms with E-state index in [1.165, 1.54) is 0 Å². The van der Waals surface area contributed by atoms with Crippen LogP contribution < -0.4 is 0 Å². The van der Waals surface area contributed by atoms with Gasteiger partial charge in [-0.25, -0.2) is 0 Å². The summed E-state index contributed by atoms with van der Waals surface area (Å²) in [5, 5.41) is 0.